The minimum absolute atomic E-state index is 0.247. The molecule has 0 fully saturated rings. The van der Waals surface area contributed by atoms with Crippen LogP contribution in [0.4, 0.5) is 0 Å². The van der Waals surface area contributed by atoms with Crippen LogP contribution in [0, 0.1) is 11.8 Å². The number of benzene rings is 1. The van der Waals surface area contributed by atoms with Crippen LogP contribution in [-0.2, 0) is 11.3 Å². The lowest BCUT2D eigenvalue weighted by molar-refractivity contribution is -0.115. The minimum Gasteiger partial charge on any atom is -0.341 e. The maximum absolute atomic E-state index is 11.0. The highest BCUT2D eigenvalue weighted by Crippen LogP contribution is 2.14. The summed E-state index contributed by atoms with van der Waals surface area (Å²) >= 11 is 3.40. The van der Waals surface area contributed by atoms with Crippen LogP contribution in [0.2, 0.25) is 0 Å². The number of amides is 1. The first-order chi connectivity index (χ1) is 6.74. The third-order valence-electron chi connectivity index (χ3n) is 1.64. The topological polar surface area (TPSA) is 29.1 Å². The first kappa shape index (κ1) is 10.8. The molecule has 0 bridgehead atoms. The molecule has 0 aromatic heterocycles. The van der Waals surface area contributed by atoms with Crippen molar-refractivity contribution in [3.05, 3.63) is 34.3 Å². The Hall–Kier alpha value is -1.27. The summed E-state index contributed by atoms with van der Waals surface area (Å²) in [5, 5.41) is 2.70. The van der Waals surface area contributed by atoms with E-state index in [1.54, 1.807) is 6.92 Å². The second-order valence-corrected chi connectivity index (χ2v) is 3.50. The Balaban J connectivity index is 2.57. The van der Waals surface area contributed by atoms with Crippen LogP contribution in [0.3, 0.4) is 0 Å². The highest BCUT2D eigenvalue weighted by molar-refractivity contribution is 9.10. The first-order valence-electron chi connectivity index (χ1n) is 4.18. The van der Waals surface area contributed by atoms with E-state index in [1.807, 2.05) is 24.3 Å². The summed E-state index contributed by atoms with van der Waals surface area (Å²) in [5.74, 6) is 4.72. The molecule has 0 atom stereocenters. The number of hydrogen-bond donors (Lipinski definition) is 1. The number of rotatable bonds is 2. The van der Waals surface area contributed by atoms with E-state index in [0.717, 1.165) is 10.0 Å². The second kappa shape index (κ2) is 5.46. The quantitative estimate of drug-likeness (QED) is 0.802. The Bertz CT molecular complexity index is 390. The third kappa shape index (κ3) is 3.23. The Labute approximate surface area is 91.8 Å². The van der Waals surface area contributed by atoms with Crippen LogP contribution in [0.1, 0.15) is 12.5 Å². The Morgan fingerprint density at radius 2 is 2.21 bits per heavy atom. The van der Waals surface area contributed by atoms with Gasteiger partial charge in [0.1, 0.15) is 0 Å². The van der Waals surface area contributed by atoms with Crippen LogP contribution >= 0.6 is 15.9 Å². The van der Waals surface area contributed by atoms with Crippen LogP contribution in [0.15, 0.2) is 28.7 Å². The van der Waals surface area contributed by atoms with Gasteiger partial charge in [0.2, 0.25) is 0 Å². The van der Waals surface area contributed by atoms with Crippen molar-refractivity contribution in [2.24, 2.45) is 0 Å². The molecule has 1 aromatic rings. The average molecular weight is 252 g/mol. The molecule has 1 aromatic carbocycles. The van der Waals surface area contributed by atoms with Crippen molar-refractivity contribution in [1.82, 2.24) is 5.32 Å². The lowest BCUT2D eigenvalue weighted by Crippen LogP contribution is -2.20. The van der Waals surface area contributed by atoms with Crippen molar-refractivity contribution in [3.63, 3.8) is 0 Å². The van der Waals surface area contributed by atoms with Crippen LogP contribution in [0.5, 0.6) is 0 Å². The van der Waals surface area contributed by atoms with Crippen molar-refractivity contribution < 1.29 is 4.79 Å². The minimum atomic E-state index is -0.247. The summed E-state index contributed by atoms with van der Waals surface area (Å²) in [6.07, 6.45) is 0. The SMILES string of the molecule is CC#CC(=O)NCc1ccccc1Br. The van der Waals surface area contributed by atoms with Gasteiger partial charge < -0.3 is 5.32 Å². The zero-order valence-electron chi connectivity index (χ0n) is 7.80. The van der Waals surface area contributed by atoms with Gasteiger partial charge in [0.05, 0.1) is 0 Å². The average Bonchev–Trinajstić information content (AvgIpc) is 2.17. The molecule has 0 aliphatic heterocycles. The summed E-state index contributed by atoms with van der Waals surface area (Å²) in [4.78, 5) is 11.0. The zero-order chi connectivity index (χ0) is 10.4. The van der Waals surface area contributed by atoms with Gasteiger partial charge >= 0.3 is 0 Å². The van der Waals surface area contributed by atoms with Gasteiger partial charge in [-0.05, 0) is 24.5 Å². The fraction of sp³-hybridized carbons (Fsp3) is 0.182. The fourth-order valence-corrected chi connectivity index (χ4v) is 1.40. The number of hydrogen-bond acceptors (Lipinski definition) is 1. The molecule has 0 radical (unpaired) electrons. The van der Waals surface area contributed by atoms with Gasteiger partial charge in [-0.15, -0.1) is 0 Å². The summed E-state index contributed by atoms with van der Waals surface area (Å²) < 4.78 is 0.991. The van der Waals surface area contributed by atoms with Gasteiger partial charge in [-0.2, -0.15) is 0 Å². The van der Waals surface area contributed by atoms with Crippen LogP contribution in [0.25, 0.3) is 0 Å². The molecule has 14 heavy (non-hydrogen) atoms. The van der Waals surface area contributed by atoms with E-state index in [4.69, 9.17) is 0 Å². The van der Waals surface area contributed by atoms with E-state index in [-0.39, 0.29) is 5.91 Å². The molecule has 2 nitrogen and oxygen atoms in total. The molecular weight excluding hydrogens is 242 g/mol. The molecule has 1 N–H and O–H groups in total. The molecule has 1 amide bonds. The Kier molecular flexibility index (Phi) is 4.21. The van der Waals surface area contributed by atoms with E-state index in [2.05, 4.69) is 33.1 Å². The van der Waals surface area contributed by atoms with Crippen molar-refractivity contribution in [3.8, 4) is 11.8 Å². The van der Waals surface area contributed by atoms with Crippen molar-refractivity contribution >= 4 is 21.8 Å². The summed E-state index contributed by atoms with van der Waals surface area (Å²) in [5.41, 5.74) is 1.04. The molecule has 1 rings (SSSR count). The highest BCUT2D eigenvalue weighted by Gasteiger charge is 1.99. The van der Waals surface area contributed by atoms with Crippen molar-refractivity contribution in [2.45, 2.75) is 13.5 Å². The predicted octanol–water partition coefficient (Wildman–Crippen LogP) is 2.09. The van der Waals surface area contributed by atoms with E-state index < -0.39 is 0 Å². The van der Waals surface area contributed by atoms with Gasteiger partial charge in [0.15, 0.2) is 0 Å². The van der Waals surface area contributed by atoms with Gasteiger partial charge in [0, 0.05) is 11.0 Å². The molecule has 0 aliphatic carbocycles. The molecule has 0 unspecified atom stereocenters. The molecule has 0 saturated carbocycles. The molecular formula is C11H10BrNO. The van der Waals surface area contributed by atoms with Crippen LogP contribution in [-0.4, -0.2) is 5.91 Å². The second-order valence-electron chi connectivity index (χ2n) is 2.65. The lowest BCUT2D eigenvalue weighted by Gasteiger charge is -2.03. The molecule has 72 valence electrons. The lowest BCUT2D eigenvalue weighted by atomic mass is 10.2. The molecule has 0 spiro atoms. The maximum atomic E-state index is 11.0. The number of halogens is 1. The largest absolute Gasteiger partial charge is 0.341 e. The predicted molar refractivity (Wildman–Crippen MR) is 59.4 cm³/mol. The Morgan fingerprint density at radius 1 is 1.50 bits per heavy atom. The van der Waals surface area contributed by atoms with E-state index in [1.165, 1.54) is 0 Å². The normalized spacial score (nSPS) is 8.71. The first-order valence-corrected chi connectivity index (χ1v) is 4.97. The number of carbonyl (C=O) groups excluding carboxylic acids is 1. The van der Waals surface area contributed by atoms with E-state index in [9.17, 15) is 4.79 Å². The maximum Gasteiger partial charge on any atom is 0.296 e. The molecule has 0 heterocycles. The third-order valence-corrected chi connectivity index (χ3v) is 2.41. The smallest absolute Gasteiger partial charge is 0.296 e. The monoisotopic (exact) mass is 251 g/mol. The van der Waals surface area contributed by atoms with Crippen molar-refractivity contribution in [1.29, 1.82) is 0 Å². The summed E-state index contributed by atoms with van der Waals surface area (Å²) in [6.45, 7) is 2.13. The van der Waals surface area contributed by atoms with Crippen molar-refractivity contribution in [2.75, 3.05) is 0 Å². The highest BCUT2D eigenvalue weighted by atomic mass is 79.9. The van der Waals surface area contributed by atoms with E-state index >= 15 is 0 Å². The van der Waals surface area contributed by atoms with Gasteiger partial charge in [-0.25, -0.2) is 0 Å². The molecule has 0 aliphatic rings. The number of nitrogens with one attached hydrogen (secondary N) is 1. The summed E-state index contributed by atoms with van der Waals surface area (Å²) in [7, 11) is 0. The van der Waals surface area contributed by atoms with Crippen LogP contribution < -0.4 is 5.32 Å². The standard InChI is InChI=1S/C11H10BrNO/c1-2-5-11(14)13-8-9-6-3-4-7-10(9)12/h3-4,6-7H,8H2,1H3,(H,13,14). The number of carbonyl (C=O) groups is 1. The molecule has 3 heteroatoms. The fourth-order valence-electron chi connectivity index (χ4n) is 0.975. The Morgan fingerprint density at radius 3 is 2.86 bits per heavy atom. The zero-order valence-corrected chi connectivity index (χ0v) is 9.39. The van der Waals surface area contributed by atoms with Gasteiger partial charge in [-0.1, -0.05) is 40.0 Å². The van der Waals surface area contributed by atoms with Gasteiger partial charge in [-0.3, -0.25) is 4.79 Å². The summed E-state index contributed by atoms with van der Waals surface area (Å²) in [6, 6.07) is 7.75. The van der Waals surface area contributed by atoms with Gasteiger partial charge in [0.25, 0.3) is 5.91 Å². The molecule has 0 saturated heterocycles. The van der Waals surface area contributed by atoms with E-state index in [0.29, 0.717) is 6.54 Å².